The van der Waals surface area contributed by atoms with E-state index < -0.39 is 29.3 Å². The summed E-state index contributed by atoms with van der Waals surface area (Å²) in [6, 6.07) is 9.93. The number of hydrogen-bond acceptors (Lipinski definition) is 6. The molecule has 1 saturated heterocycles. The topological polar surface area (TPSA) is 107 Å². The fraction of sp³-hybridized carbons (Fsp3) is 0.238. The quantitative estimate of drug-likeness (QED) is 0.283. The fourth-order valence-corrected chi connectivity index (χ4v) is 3.21. The van der Waals surface area contributed by atoms with Gasteiger partial charge in [-0.05, 0) is 42.0 Å². The number of phenols is 1. The highest BCUT2D eigenvalue weighted by molar-refractivity contribution is 6.46. The van der Waals surface area contributed by atoms with Crippen LogP contribution < -0.4 is 0 Å². The summed E-state index contributed by atoms with van der Waals surface area (Å²) in [7, 11) is 0. The molecular weight excluding hydrogens is 381 g/mol. The number of nitrogens with zero attached hydrogens (tertiary/aromatic N) is 1. The summed E-state index contributed by atoms with van der Waals surface area (Å²) in [6.07, 6.45) is 0. The van der Waals surface area contributed by atoms with Crippen LogP contribution in [0.5, 0.6) is 5.75 Å². The van der Waals surface area contributed by atoms with Crippen molar-refractivity contribution in [1.82, 2.24) is 4.90 Å². The molecule has 3 rings (SSSR count). The average molecular weight is 401 g/mol. The zero-order valence-corrected chi connectivity index (χ0v) is 15.4. The van der Waals surface area contributed by atoms with Gasteiger partial charge in [-0.3, -0.25) is 9.59 Å². The molecule has 1 atom stereocenters. The van der Waals surface area contributed by atoms with Gasteiger partial charge in [-0.2, -0.15) is 0 Å². The monoisotopic (exact) mass is 401 g/mol. The lowest BCUT2D eigenvalue weighted by Crippen LogP contribution is -2.33. The standard InChI is InChI=1S/C21H20FNO6/c22-15-5-1-14(2-6-15)19(26)17-18(13-3-7-16(25)8-4-13)23(21(28)20(17)27)9-11-29-12-10-24/h1-8,18,24-26H,9-12H2. The van der Waals surface area contributed by atoms with Crippen LogP contribution in [0.1, 0.15) is 17.2 Å². The Hall–Kier alpha value is -3.23. The largest absolute Gasteiger partial charge is 0.508 e. The first-order valence-electron chi connectivity index (χ1n) is 8.96. The van der Waals surface area contributed by atoms with Gasteiger partial charge in [0.05, 0.1) is 31.4 Å². The predicted octanol–water partition coefficient (Wildman–Crippen LogP) is 1.96. The summed E-state index contributed by atoms with van der Waals surface area (Å²) in [5.74, 6) is -2.58. The second-order valence-electron chi connectivity index (χ2n) is 6.43. The van der Waals surface area contributed by atoms with Gasteiger partial charge in [-0.15, -0.1) is 0 Å². The van der Waals surface area contributed by atoms with Crippen LogP contribution in [0.2, 0.25) is 0 Å². The molecule has 0 radical (unpaired) electrons. The number of benzene rings is 2. The molecule has 7 nitrogen and oxygen atoms in total. The van der Waals surface area contributed by atoms with Crippen LogP contribution in [0.15, 0.2) is 54.1 Å². The van der Waals surface area contributed by atoms with Crippen molar-refractivity contribution in [3.8, 4) is 5.75 Å². The van der Waals surface area contributed by atoms with Gasteiger partial charge in [0.1, 0.15) is 17.3 Å². The molecule has 1 fully saturated rings. The molecule has 1 heterocycles. The SMILES string of the molecule is O=C1C(=O)N(CCOCCO)C(c2ccc(O)cc2)C1=C(O)c1ccc(F)cc1. The van der Waals surface area contributed by atoms with E-state index in [1.807, 2.05) is 0 Å². The minimum absolute atomic E-state index is 0.00974. The molecule has 0 bridgehead atoms. The Bertz CT molecular complexity index is 923. The number of carbonyl (C=O) groups excluding carboxylic acids is 2. The predicted molar refractivity (Wildman–Crippen MR) is 101 cm³/mol. The maximum absolute atomic E-state index is 13.2. The number of halogens is 1. The molecule has 0 aromatic heterocycles. The van der Waals surface area contributed by atoms with E-state index in [0.29, 0.717) is 5.56 Å². The van der Waals surface area contributed by atoms with E-state index in [0.717, 1.165) is 12.1 Å². The second kappa shape index (κ2) is 8.85. The molecule has 3 N–H and O–H groups in total. The molecule has 0 saturated carbocycles. The third-order valence-corrected chi connectivity index (χ3v) is 4.58. The van der Waals surface area contributed by atoms with Crippen molar-refractivity contribution in [3.63, 3.8) is 0 Å². The van der Waals surface area contributed by atoms with Crippen molar-refractivity contribution >= 4 is 17.4 Å². The van der Waals surface area contributed by atoms with Gasteiger partial charge in [0.25, 0.3) is 11.7 Å². The van der Waals surface area contributed by atoms with Gasteiger partial charge in [0.2, 0.25) is 0 Å². The number of amides is 1. The Morgan fingerprint density at radius 1 is 1.03 bits per heavy atom. The lowest BCUT2D eigenvalue weighted by molar-refractivity contribution is -0.140. The average Bonchev–Trinajstić information content (AvgIpc) is 2.96. The van der Waals surface area contributed by atoms with Crippen molar-refractivity contribution in [2.24, 2.45) is 0 Å². The van der Waals surface area contributed by atoms with Gasteiger partial charge in [-0.25, -0.2) is 4.39 Å². The van der Waals surface area contributed by atoms with E-state index in [-0.39, 0.29) is 43.3 Å². The van der Waals surface area contributed by atoms with E-state index in [1.54, 1.807) is 12.1 Å². The van der Waals surface area contributed by atoms with Crippen LogP contribution in [0.25, 0.3) is 5.76 Å². The first-order chi connectivity index (χ1) is 13.9. The molecule has 2 aromatic rings. The molecule has 0 aliphatic carbocycles. The molecule has 0 spiro atoms. The zero-order chi connectivity index (χ0) is 21.0. The summed E-state index contributed by atoms with van der Waals surface area (Å²) in [5, 5.41) is 29.1. The summed E-state index contributed by atoms with van der Waals surface area (Å²) in [5.41, 5.74) is 0.576. The van der Waals surface area contributed by atoms with Gasteiger partial charge in [-0.1, -0.05) is 12.1 Å². The van der Waals surface area contributed by atoms with Crippen LogP contribution in [0, 0.1) is 5.82 Å². The Balaban J connectivity index is 2.05. The van der Waals surface area contributed by atoms with Crippen molar-refractivity contribution in [2.45, 2.75) is 6.04 Å². The van der Waals surface area contributed by atoms with Gasteiger partial charge in [0.15, 0.2) is 0 Å². The van der Waals surface area contributed by atoms with Crippen LogP contribution in [0.3, 0.4) is 0 Å². The molecular formula is C21H20FNO6. The Kier molecular flexibility index (Phi) is 6.26. The molecule has 1 amide bonds. The lowest BCUT2D eigenvalue weighted by Gasteiger charge is -2.25. The zero-order valence-electron chi connectivity index (χ0n) is 15.4. The van der Waals surface area contributed by atoms with Gasteiger partial charge in [0, 0.05) is 12.1 Å². The highest BCUT2D eigenvalue weighted by atomic mass is 19.1. The first-order valence-corrected chi connectivity index (χ1v) is 8.96. The molecule has 29 heavy (non-hydrogen) atoms. The van der Waals surface area contributed by atoms with Crippen molar-refractivity contribution in [3.05, 3.63) is 71.0 Å². The molecule has 2 aromatic carbocycles. The summed E-state index contributed by atoms with van der Waals surface area (Å²) in [6.45, 7) is 0.0449. The maximum Gasteiger partial charge on any atom is 0.295 e. The molecule has 1 unspecified atom stereocenters. The molecule has 8 heteroatoms. The van der Waals surface area contributed by atoms with Crippen LogP contribution in [-0.4, -0.2) is 58.3 Å². The number of aliphatic hydroxyl groups is 2. The number of aromatic hydroxyl groups is 1. The van der Waals surface area contributed by atoms with Gasteiger partial charge >= 0.3 is 0 Å². The number of aliphatic hydroxyl groups excluding tert-OH is 2. The van der Waals surface area contributed by atoms with E-state index in [9.17, 15) is 24.2 Å². The smallest absolute Gasteiger partial charge is 0.295 e. The van der Waals surface area contributed by atoms with E-state index in [4.69, 9.17) is 9.84 Å². The number of hydrogen-bond donors (Lipinski definition) is 3. The fourth-order valence-electron chi connectivity index (χ4n) is 3.21. The van der Waals surface area contributed by atoms with E-state index >= 15 is 0 Å². The maximum atomic E-state index is 13.2. The Labute approximate surface area is 166 Å². The van der Waals surface area contributed by atoms with Crippen LogP contribution in [0.4, 0.5) is 4.39 Å². The summed E-state index contributed by atoms with van der Waals surface area (Å²) in [4.78, 5) is 26.6. The van der Waals surface area contributed by atoms with E-state index in [1.165, 1.54) is 29.2 Å². The van der Waals surface area contributed by atoms with Crippen LogP contribution in [-0.2, 0) is 14.3 Å². The summed E-state index contributed by atoms with van der Waals surface area (Å²) < 4.78 is 18.4. The summed E-state index contributed by atoms with van der Waals surface area (Å²) >= 11 is 0. The first kappa shape index (κ1) is 20.5. The number of carbonyl (C=O) groups is 2. The molecule has 1 aliphatic heterocycles. The number of Topliss-reactive ketones (excluding diaryl/α,β-unsaturated/α-hetero) is 1. The normalized spacial score (nSPS) is 18.4. The highest BCUT2D eigenvalue weighted by Gasteiger charge is 2.45. The Morgan fingerprint density at radius 2 is 1.69 bits per heavy atom. The van der Waals surface area contributed by atoms with E-state index in [2.05, 4.69) is 0 Å². The number of rotatable bonds is 7. The molecule has 152 valence electrons. The number of ketones is 1. The highest BCUT2D eigenvalue weighted by Crippen LogP contribution is 2.39. The second-order valence-corrected chi connectivity index (χ2v) is 6.43. The number of phenolic OH excluding ortho intramolecular Hbond substituents is 1. The number of likely N-dealkylation sites (tertiary alicyclic amines) is 1. The van der Waals surface area contributed by atoms with Crippen molar-refractivity contribution < 1.29 is 34.0 Å². The van der Waals surface area contributed by atoms with Crippen molar-refractivity contribution in [2.75, 3.05) is 26.4 Å². The van der Waals surface area contributed by atoms with Crippen molar-refractivity contribution in [1.29, 1.82) is 0 Å². The minimum atomic E-state index is -0.904. The van der Waals surface area contributed by atoms with Crippen LogP contribution >= 0.6 is 0 Å². The number of ether oxygens (including phenoxy) is 1. The third kappa shape index (κ3) is 4.28. The third-order valence-electron chi connectivity index (χ3n) is 4.58. The lowest BCUT2D eigenvalue weighted by atomic mass is 9.95. The minimum Gasteiger partial charge on any atom is -0.508 e. The Morgan fingerprint density at radius 3 is 2.31 bits per heavy atom. The van der Waals surface area contributed by atoms with Gasteiger partial charge < -0.3 is 25.0 Å². The molecule has 1 aliphatic rings.